The van der Waals surface area contributed by atoms with Gasteiger partial charge in [-0.05, 0) is 30.3 Å². The van der Waals surface area contributed by atoms with E-state index in [2.05, 4.69) is 25.8 Å². The molecule has 1 fully saturated rings. The van der Waals surface area contributed by atoms with E-state index in [1.165, 1.54) is 48.1 Å². The van der Waals surface area contributed by atoms with Gasteiger partial charge >= 0.3 is 0 Å². The molecule has 3 atom stereocenters. The van der Waals surface area contributed by atoms with Crippen LogP contribution < -0.4 is 11.0 Å². The molecule has 2 aromatic rings. The molecule has 3 unspecified atom stereocenters. The number of benzene rings is 1. The quantitative estimate of drug-likeness (QED) is 0.657. The second-order valence-corrected chi connectivity index (χ2v) is 10.2. The van der Waals surface area contributed by atoms with Gasteiger partial charge in [0.2, 0.25) is 0 Å². The van der Waals surface area contributed by atoms with Crippen molar-refractivity contribution in [1.29, 1.82) is 0 Å². The third-order valence-corrected chi connectivity index (χ3v) is 7.43. The Hall–Kier alpha value is -2.50. The van der Waals surface area contributed by atoms with Gasteiger partial charge in [0, 0.05) is 27.8 Å². The van der Waals surface area contributed by atoms with Gasteiger partial charge in [-0.1, -0.05) is 29.8 Å². The molecule has 0 spiro atoms. The lowest BCUT2D eigenvalue weighted by atomic mass is 9.95. The van der Waals surface area contributed by atoms with Gasteiger partial charge in [0.05, 0.1) is 29.8 Å². The van der Waals surface area contributed by atoms with Crippen LogP contribution in [0.2, 0.25) is 0 Å². The number of methoxy groups -OCH3 is 1. The van der Waals surface area contributed by atoms with Crippen LogP contribution in [0.4, 0.5) is 4.39 Å². The van der Waals surface area contributed by atoms with Crippen LogP contribution in [0, 0.1) is 11.8 Å². The first kappa shape index (κ1) is 22.7. The fourth-order valence-electron chi connectivity index (χ4n) is 3.70. The molecule has 1 aromatic heterocycles. The average Bonchev–Trinajstić information content (AvgIpc) is 3.16. The monoisotopic (exact) mass is 525 g/mol. The Balaban J connectivity index is 1.89. The number of aromatic nitrogens is 1. The number of nitrogens with one attached hydrogen (secondary N) is 1. The van der Waals surface area contributed by atoms with E-state index in [0.29, 0.717) is 33.4 Å². The highest BCUT2D eigenvalue weighted by molar-refractivity contribution is 9.11. The zero-order valence-electron chi connectivity index (χ0n) is 17.5. The molecule has 170 valence electrons. The van der Waals surface area contributed by atoms with Crippen LogP contribution in [0.1, 0.15) is 13.8 Å². The zero-order valence-corrected chi connectivity index (χ0v) is 19.9. The number of alkyl halides is 1. The van der Waals surface area contributed by atoms with Crippen LogP contribution in [0.5, 0.6) is 0 Å². The molecular formula is C21H21BrFN3O5S. The number of hydrogen-bond acceptors (Lipinski definition) is 5. The molecule has 0 saturated carbocycles. The minimum absolute atomic E-state index is 0.0350. The smallest absolute Gasteiger partial charge is 0.284 e. The number of nitrogens with zero attached hydrogens (tertiary/aromatic N) is 2. The molecule has 2 aliphatic rings. The molecule has 32 heavy (non-hydrogen) atoms. The maximum atomic E-state index is 14.8. The summed E-state index contributed by atoms with van der Waals surface area (Å²) in [6.07, 6.45) is 0.141. The van der Waals surface area contributed by atoms with Gasteiger partial charge in [-0.2, -0.15) is 8.42 Å². The van der Waals surface area contributed by atoms with Crippen LogP contribution in [0.25, 0.3) is 16.6 Å². The second kappa shape index (κ2) is 8.45. The maximum Gasteiger partial charge on any atom is 0.284 e. The summed E-state index contributed by atoms with van der Waals surface area (Å²) in [6.45, 7) is 3.78. The molecule has 1 aromatic carbocycles. The molecule has 0 radical (unpaired) electrons. The van der Waals surface area contributed by atoms with Crippen molar-refractivity contribution in [1.82, 2.24) is 10.0 Å². The molecule has 4 rings (SSSR count). The first-order chi connectivity index (χ1) is 15.1. The number of allylic oxidation sites excluding steroid dienone is 3. The van der Waals surface area contributed by atoms with E-state index in [-0.39, 0.29) is 22.2 Å². The highest BCUT2D eigenvalue weighted by Crippen LogP contribution is 2.38. The summed E-state index contributed by atoms with van der Waals surface area (Å²) in [6, 6.07) is 7.16. The fourth-order valence-corrected chi connectivity index (χ4v) is 5.40. The lowest BCUT2D eigenvalue weighted by Crippen LogP contribution is -2.29. The first-order valence-corrected chi connectivity index (χ1v) is 12.1. The third-order valence-electron chi connectivity index (χ3n) is 5.47. The van der Waals surface area contributed by atoms with E-state index >= 15 is 0 Å². The van der Waals surface area contributed by atoms with E-state index in [1.54, 1.807) is 13.8 Å². The number of fused-ring (bicyclic) bond motifs is 1. The molecule has 2 heterocycles. The summed E-state index contributed by atoms with van der Waals surface area (Å²) in [4.78, 5) is 17.8. The Bertz CT molecular complexity index is 1350. The van der Waals surface area contributed by atoms with Crippen molar-refractivity contribution in [2.75, 3.05) is 13.7 Å². The molecule has 0 amide bonds. The van der Waals surface area contributed by atoms with Crippen LogP contribution in [-0.4, -0.2) is 38.7 Å². The second-order valence-electron chi connectivity index (χ2n) is 7.67. The van der Waals surface area contributed by atoms with Crippen LogP contribution in [0.3, 0.4) is 0 Å². The summed E-state index contributed by atoms with van der Waals surface area (Å²) in [5, 5.41) is 0.480. The Morgan fingerprint density at radius 1 is 1.28 bits per heavy atom. The van der Waals surface area contributed by atoms with Crippen LogP contribution >= 0.6 is 15.9 Å². The number of halogens is 2. The van der Waals surface area contributed by atoms with Crippen molar-refractivity contribution >= 4 is 48.4 Å². The van der Waals surface area contributed by atoms with Gasteiger partial charge in [-0.3, -0.25) is 19.7 Å². The molecule has 0 bridgehead atoms. The van der Waals surface area contributed by atoms with E-state index < -0.39 is 22.1 Å². The molecule has 1 saturated heterocycles. The average molecular weight is 526 g/mol. The van der Waals surface area contributed by atoms with Crippen LogP contribution in [0.15, 0.2) is 60.7 Å². The van der Waals surface area contributed by atoms with E-state index in [4.69, 9.17) is 9.57 Å². The van der Waals surface area contributed by atoms with Gasteiger partial charge in [0.1, 0.15) is 17.8 Å². The summed E-state index contributed by atoms with van der Waals surface area (Å²) < 4.78 is 51.4. The summed E-state index contributed by atoms with van der Waals surface area (Å²) in [5.41, 5.74) is 2.91. The molecular weight excluding hydrogens is 505 g/mol. The lowest BCUT2D eigenvalue weighted by Gasteiger charge is -2.28. The van der Waals surface area contributed by atoms with E-state index in [0.717, 1.165) is 0 Å². The number of rotatable bonds is 4. The van der Waals surface area contributed by atoms with Crippen molar-refractivity contribution in [3.63, 3.8) is 0 Å². The molecule has 1 aliphatic heterocycles. The minimum Gasteiger partial charge on any atom is -0.495 e. The summed E-state index contributed by atoms with van der Waals surface area (Å²) in [5.74, 6) is -0.286. The topological polar surface area (TPSA) is 99.0 Å². The predicted molar refractivity (Wildman–Crippen MR) is 122 cm³/mol. The number of pyridine rings is 1. The Morgan fingerprint density at radius 3 is 2.69 bits per heavy atom. The molecule has 11 heteroatoms. The highest BCUT2D eigenvalue weighted by atomic mass is 79.9. The van der Waals surface area contributed by atoms with E-state index in [1.807, 2.05) is 0 Å². The van der Waals surface area contributed by atoms with Crippen molar-refractivity contribution in [3.05, 3.63) is 57.0 Å². The molecule has 1 aliphatic carbocycles. The fraction of sp³-hybridized carbons (Fsp3) is 0.333. The molecule has 1 N–H and O–H groups in total. The van der Waals surface area contributed by atoms with Gasteiger partial charge in [-0.15, -0.1) is 4.40 Å². The number of hydroxylamine groups is 1. The normalized spacial score (nSPS) is 25.2. The van der Waals surface area contributed by atoms with Crippen molar-refractivity contribution in [3.8, 4) is 0 Å². The number of sulfonamides is 1. The summed E-state index contributed by atoms with van der Waals surface area (Å²) in [7, 11) is -2.57. The van der Waals surface area contributed by atoms with E-state index in [9.17, 15) is 17.6 Å². The predicted octanol–water partition coefficient (Wildman–Crippen LogP) is 3.34. The Labute approximate surface area is 192 Å². The molecule has 8 nitrogen and oxygen atoms in total. The maximum absolute atomic E-state index is 14.8. The number of amidine groups is 1. The number of ether oxygens (including phenoxy) is 1. The van der Waals surface area contributed by atoms with Crippen molar-refractivity contribution in [2.24, 2.45) is 16.2 Å². The highest BCUT2D eigenvalue weighted by Gasteiger charge is 2.32. The number of hydrogen-bond donors (Lipinski definition) is 1. The third kappa shape index (κ3) is 3.89. The Kier molecular flexibility index (Phi) is 5.99. The summed E-state index contributed by atoms with van der Waals surface area (Å²) >= 11 is 3.21. The van der Waals surface area contributed by atoms with Gasteiger partial charge < -0.3 is 4.74 Å². The van der Waals surface area contributed by atoms with Gasteiger partial charge in [0.25, 0.3) is 15.6 Å². The zero-order chi connectivity index (χ0) is 23.2. The van der Waals surface area contributed by atoms with Gasteiger partial charge in [-0.25, -0.2) is 4.39 Å². The Morgan fingerprint density at radius 2 is 2.03 bits per heavy atom. The largest absolute Gasteiger partial charge is 0.495 e. The lowest BCUT2D eigenvalue weighted by molar-refractivity contribution is 0.112. The van der Waals surface area contributed by atoms with Gasteiger partial charge in [0.15, 0.2) is 0 Å². The minimum atomic E-state index is -4.01. The van der Waals surface area contributed by atoms with Crippen molar-refractivity contribution in [2.45, 2.75) is 24.9 Å². The first-order valence-electron chi connectivity index (χ1n) is 9.82. The van der Waals surface area contributed by atoms with Crippen LogP contribution in [-0.2, 0) is 19.6 Å². The van der Waals surface area contributed by atoms with Crippen molar-refractivity contribution < 1.29 is 22.4 Å². The standard InChI is InChI=1S/C21H21BrFN3O5S/c1-11-10-31-24-21(11)25-32(28,29)14-5-6-16-13(8-14)4-7-18(27)26(16)20-12(2)19(23)15(22)9-17(20)30-3/h4-9,11-12,19H,10H2,1-3H3,(H,24,25). The SMILES string of the molecule is COC1=C(n2c(=O)ccc3cc(S(=O)(=O)N=C4NOCC4C)ccc32)C(C)C(F)C(Br)=C1.